The maximum atomic E-state index is 8.55. The summed E-state index contributed by atoms with van der Waals surface area (Å²) >= 11 is 0. The summed E-state index contributed by atoms with van der Waals surface area (Å²) < 4.78 is 0. The Kier molecular flexibility index (Phi) is 1.90. The van der Waals surface area contributed by atoms with E-state index in [1.165, 1.54) is 6.42 Å². The van der Waals surface area contributed by atoms with Gasteiger partial charge < -0.3 is 5.32 Å². The first kappa shape index (κ1) is 7.82. The van der Waals surface area contributed by atoms with Gasteiger partial charge >= 0.3 is 0 Å². The lowest BCUT2D eigenvalue weighted by molar-refractivity contribution is 0.267. The highest BCUT2D eigenvalue weighted by Crippen LogP contribution is 2.44. The van der Waals surface area contributed by atoms with Gasteiger partial charge in [-0.25, -0.2) is 0 Å². The highest BCUT2D eigenvalue weighted by molar-refractivity contribution is 5.14. The molecule has 2 unspecified atom stereocenters. The number of allylic oxidation sites excluding steroid dienone is 1. The van der Waals surface area contributed by atoms with Crippen molar-refractivity contribution in [2.75, 3.05) is 13.1 Å². The number of hydrogen-bond acceptors (Lipinski definition) is 2. The van der Waals surface area contributed by atoms with Crippen LogP contribution < -0.4 is 5.32 Å². The summed E-state index contributed by atoms with van der Waals surface area (Å²) in [5.41, 5.74) is 0.412. The topological polar surface area (TPSA) is 35.8 Å². The van der Waals surface area contributed by atoms with Gasteiger partial charge in [0, 0.05) is 19.5 Å². The Morgan fingerprint density at radius 3 is 3.42 bits per heavy atom. The van der Waals surface area contributed by atoms with Crippen LogP contribution in [0.2, 0.25) is 0 Å². The molecular formula is C10H14N2. The molecule has 0 aromatic heterocycles. The molecule has 1 aliphatic carbocycles. The monoisotopic (exact) mass is 162 g/mol. The van der Waals surface area contributed by atoms with Crippen LogP contribution in [-0.2, 0) is 0 Å². The fourth-order valence-corrected chi connectivity index (χ4v) is 2.47. The lowest BCUT2D eigenvalue weighted by Crippen LogP contribution is -2.25. The average Bonchev–Trinajstić information content (AvgIpc) is 2.58. The fourth-order valence-electron chi connectivity index (χ4n) is 2.47. The standard InChI is InChI=1S/C10H14N2/c11-6-2-5-10-4-1-3-9(10)7-12-8-10/h1,3,9,12H,2,4-5,7-8H2. The van der Waals surface area contributed by atoms with Crippen molar-refractivity contribution in [3.8, 4) is 6.07 Å². The van der Waals surface area contributed by atoms with E-state index in [0.717, 1.165) is 19.5 Å². The molecule has 2 heteroatoms. The summed E-state index contributed by atoms with van der Waals surface area (Å²) in [5.74, 6) is 0.700. The van der Waals surface area contributed by atoms with Crippen molar-refractivity contribution in [1.82, 2.24) is 5.32 Å². The predicted octanol–water partition coefficient (Wildman–Crippen LogP) is 1.46. The molecule has 0 spiro atoms. The van der Waals surface area contributed by atoms with Gasteiger partial charge in [-0.15, -0.1) is 0 Å². The smallest absolute Gasteiger partial charge is 0.0621 e. The summed E-state index contributed by atoms with van der Waals surface area (Å²) in [4.78, 5) is 0. The summed E-state index contributed by atoms with van der Waals surface area (Å²) in [7, 11) is 0. The van der Waals surface area contributed by atoms with Crippen LogP contribution in [0.4, 0.5) is 0 Å². The summed E-state index contributed by atoms with van der Waals surface area (Å²) in [5, 5.41) is 12.0. The molecule has 1 aliphatic heterocycles. The van der Waals surface area contributed by atoms with Crippen molar-refractivity contribution in [3.05, 3.63) is 12.2 Å². The van der Waals surface area contributed by atoms with Gasteiger partial charge in [-0.1, -0.05) is 12.2 Å². The largest absolute Gasteiger partial charge is 0.316 e. The molecule has 0 aromatic carbocycles. The molecule has 1 N–H and O–H groups in total. The normalized spacial score (nSPS) is 38.1. The molecule has 64 valence electrons. The molecule has 2 rings (SSSR count). The molecule has 12 heavy (non-hydrogen) atoms. The second kappa shape index (κ2) is 2.91. The molecule has 2 nitrogen and oxygen atoms in total. The molecule has 2 atom stereocenters. The molecular weight excluding hydrogens is 148 g/mol. The number of nitrogens with zero attached hydrogens (tertiary/aromatic N) is 1. The van der Waals surface area contributed by atoms with Gasteiger partial charge in [0.1, 0.15) is 0 Å². The fraction of sp³-hybridized carbons (Fsp3) is 0.700. The predicted molar refractivity (Wildman–Crippen MR) is 47.4 cm³/mol. The SMILES string of the molecule is N#CCCC12CC=CC1CNC2. The van der Waals surface area contributed by atoms with Crippen LogP contribution in [0.3, 0.4) is 0 Å². The number of nitrogens with one attached hydrogen (secondary N) is 1. The van der Waals surface area contributed by atoms with Crippen LogP contribution in [0, 0.1) is 22.7 Å². The minimum absolute atomic E-state index is 0.412. The van der Waals surface area contributed by atoms with E-state index in [0.29, 0.717) is 17.8 Å². The Hall–Kier alpha value is -0.810. The molecule has 1 saturated heterocycles. The maximum Gasteiger partial charge on any atom is 0.0621 e. The van der Waals surface area contributed by atoms with E-state index in [-0.39, 0.29) is 0 Å². The van der Waals surface area contributed by atoms with Crippen LogP contribution in [0.15, 0.2) is 12.2 Å². The first-order chi connectivity index (χ1) is 5.87. The highest BCUT2D eigenvalue weighted by Gasteiger charge is 2.42. The number of rotatable bonds is 2. The second-order valence-electron chi connectivity index (χ2n) is 3.89. The van der Waals surface area contributed by atoms with Gasteiger partial charge in [0.05, 0.1) is 6.07 Å². The minimum atomic E-state index is 0.412. The lowest BCUT2D eigenvalue weighted by atomic mass is 9.76. The minimum Gasteiger partial charge on any atom is -0.316 e. The van der Waals surface area contributed by atoms with Crippen LogP contribution in [-0.4, -0.2) is 13.1 Å². The molecule has 0 bridgehead atoms. The zero-order valence-corrected chi connectivity index (χ0v) is 7.21. The van der Waals surface area contributed by atoms with Crippen molar-refractivity contribution >= 4 is 0 Å². The van der Waals surface area contributed by atoms with Gasteiger partial charge in [-0.2, -0.15) is 5.26 Å². The molecule has 2 aliphatic rings. The number of nitriles is 1. The molecule has 1 heterocycles. The molecule has 0 amide bonds. The third-order valence-electron chi connectivity index (χ3n) is 3.26. The van der Waals surface area contributed by atoms with Crippen molar-refractivity contribution < 1.29 is 0 Å². The molecule has 0 saturated carbocycles. The van der Waals surface area contributed by atoms with Gasteiger partial charge in [-0.05, 0) is 24.2 Å². The third-order valence-corrected chi connectivity index (χ3v) is 3.26. The van der Waals surface area contributed by atoms with E-state index in [2.05, 4.69) is 23.5 Å². The van der Waals surface area contributed by atoms with Crippen LogP contribution >= 0.6 is 0 Å². The van der Waals surface area contributed by atoms with Gasteiger partial charge in [0.15, 0.2) is 0 Å². The quantitative estimate of drug-likeness (QED) is 0.624. The van der Waals surface area contributed by atoms with E-state index in [1.807, 2.05) is 0 Å². The van der Waals surface area contributed by atoms with E-state index < -0.39 is 0 Å². The molecule has 0 radical (unpaired) electrons. The first-order valence-electron chi connectivity index (χ1n) is 4.62. The Bertz CT molecular complexity index is 239. The van der Waals surface area contributed by atoms with Gasteiger partial charge in [0.2, 0.25) is 0 Å². The number of fused-ring (bicyclic) bond motifs is 1. The van der Waals surface area contributed by atoms with Crippen LogP contribution in [0.25, 0.3) is 0 Å². The van der Waals surface area contributed by atoms with Crippen molar-refractivity contribution in [1.29, 1.82) is 5.26 Å². The van der Waals surface area contributed by atoms with E-state index in [9.17, 15) is 0 Å². The van der Waals surface area contributed by atoms with Crippen LogP contribution in [0.1, 0.15) is 19.3 Å². The van der Waals surface area contributed by atoms with Crippen molar-refractivity contribution in [3.63, 3.8) is 0 Å². The first-order valence-corrected chi connectivity index (χ1v) is 4.62. The molecule has 0 aromatic rings. The van der Waals surface area contributed by atoms with Crippen molar-refractivity contribution in [2.24, 2.45) is 11.3 Å². The van der Waals surface area contributed by atoms with E-state index >= 15 is 0 Å². The maximum absolute atomic E-state index is 8.55. The highest BCUT2D eigenvalue weighted by atomic mass is 14.9. The number of hydrogen-bond donors (Lipinski definition) is 1. The lowest BCUT2D eigenvalue weighted by Gasteiger charge is -2.27. The summed E-state index contributed by atoms with van der Waals surface area (Å²) in [6.07, 6.45) is 7.54. The zero-order valence-electron chi connectivity index (χ0n) is 7.21. The Morgan fingerprint density at radius 1 is 1.67 bits per heavy atom. The average molecular weight is 162 g/mol. The Morgan fingerprint density at radius 2 is 2.58 bits per heavy atom. The Balaban J connectivity index is 2.05. The van der Waals surface area contributed by atoms with Crippen LogP contribution in [0.5, 0.6) is 0 Å². The third kappa shape index (κ3) is 1.05. The van der Waals surface area contributed by atoms with E-state index in [1.54, 1.807) is 0 Å². The zero-order chi connectivity index (χ0) is 8.44. The molecule has 1 fully saturated rings. The summed E-state index contributed by atoms with van der Waals surface area (Å²) in [6, 6.07) is 2.25. The van der Waals surface area contributed by atoms with Gasteiger partial charge in [-0.3, -0.25) is 0 Å². The van der Waals surface area contributed by atoms with Gasteiger partial charge in [0.25, 0.3) is 0 Å². The Labute approximate surface area is 73.3 Å². The van der Waals surface area contributed by atoms with Crippen molar-refractivity contribution in [2.45, 2.75) is 19.3 Å². The van der Waals surface area contributed by atoms with E-state index in [4.69, 9.17) is 5.26 Å². The second-order valence-corrected chi connectivity index (χ2v) is 3.89. The summed E-state index contributed by atoms with van der Waals surface area (Å²) in [6.45, 7) is 2.22.